The summed E-state index contributed by atoms with van der Waals surface area (Å²) in [7, 11) is 0. The SMILES string of the molecule is CC(C)N1CC[C@H](c2c(CNC(=O)[C@H]3CC(=O)N(C(C)C)C3)cnn2-c2ccccc2)C1. The topological polar surface area (TPSA) is 70.5 Å². The predicted octanol–water partition coefficient (Wildman–Crippen LogP) is 2.94. The summed E-state index contributed by atoms with van der Waals surface area (Å²) in [5, 5.41) is 7.81. The minimum absolute atomic E-state index is 0.0462. The van der Waals surface area contributed by atoms with Gasteiger partial charge in [0, 0.05) is 49.6 Å². The molecule has 0 radical (unpaired) electrons. The van der Waals surface area contributed by atoms with Crippen LogP contribution in [0.3, 0.4) is 0 Å². The van der Waals surface area contributed by atoms with E-state index in [1.165, 1.54) is 5.69 Å². The zero-order valence-corrected chi connectivity index (χ0v) is 19.6. The predicted molar refractivity (Wildman–Crippen MR) is 124 cm³/mol. The second-order valence-corrected chi connectivity index (χ2v) is 9.64. The van der Waals surface area contributed by atoms with Crippen molar-refractivity contribution in [2.75, 3.05) is 19.6 Å². The lowest BCUT2D eigenvalue weighted by atomic mass is 10.00. The molecule has 0 bridgehead atoms. The van der Waals surface area contributed by atoms with Crippen molar-refractivity contribution < 1.29 is 9.59 Å². The van der Waals surface area contributed by atoms with Crippen LogP contribution in [-0.4, -0.2) is 63.1 Å². The summed E-state index contributed by atoms with van der Waals surface area (Å²) in [6.45, 7) is 11.5. The molecule has 4 rings (SSSR count). The average molecular weight is 438 g/mol. The monoisotopic (exact) mass is 437 g/mol. The number of carbonyl (C=O) groups is 2. The van der Waals surface area contributed by atoms with Gasteiger partial charge in [-0.3, -0.25) is 9.59 Å². The molecule has 2 aromatic rings. The molecular formula is C25H35N5O2. The summed E-state index contributed by atoms with van der Waals surface area (Å²) in [4.78, 5) is 29.4. The number of hydrogen-bond acceptors (Lipinski definition) is 4. The van der Waals surface area contributed by atoms with E-state index < -0.39 is 0 Å². The number of rotatable bonds is 7. The molecule has 7 heteroatoms. The molecule has 172 valence electrons. The quantitative estimate of drug-likeness (QED) is 0.723. The largest absolute Gasteiger partial charge is 0.352 e. The number of nitrogens with one attached hydrogen (secondary N) is 1. The first kappa shape index (κ1) is 22.5. The number of hydrogen-bond donors (Lipinski definition) is 1. The van der Waals surface area contributed by atoms with E-state index in [-0.39, 0.29) is 23.8 Å². The minimum Gasteiger partial charge on any atom is -0.352 e. The molecule has 7 nitrogen and oxygen atoms in total. The third-order valence-corrected chi connectivity index (χ3v) is 6.83. The van der Waals surface area contributed by atoms with Crippen molar-refractivity contribution in [2.45, 2.75) is 65.1 Å². The fourth-order valence-corrected chi connectivity index (χ4v) is 4.95. The van der Waals surface area contributed by atoms with Crippen LogP contribution in [-0.2, 0) is 16.1 Å². The smallest absolute Gasteiger partial charge is 0.225 e. The van der Waals surface area contributed by atoms with Crippen LogP contribution in [0.4, 0.5) is 0 Å². The second kappa shape index (κ2) is 9.45. The van der Waals surface area contributed by atoms with Crippen molar-refractivity contribution in [3.63, 3.8) is 0 Å². The Balaban J connectivity index is 1.52. The molecule has 2 fully saturated rings. The summed E-state index contributed by atoms with van der Waals surface area (Å²) < 4.78 is 2.04. The maximum atomic E-state index is 12.9. The summed E-state index contributed by atoms with van der Waals surface area (Å²) in [5.41, 5.74) is 3.28. The van der Waals surface area contributed by atoms with E-state index >= 15 is 0 Å². The van der Waals surface area contributed by atoms with Crippen LogP contribution >= 0.6 is 0 Å². The molecule has 1 aromatic heterocycles. The Morgan fingerprint density at radius 3 is 2.50 bits per heavy atom. The average Bonchev–Trinajstić information content (AvgIpc) is 3.50. The fraction of sp³-hybridized carbons (Fsp3) is 0.560. The number of amides is 2. The van der Waals surface area contributed by atoms with Gasteiger partial charge in [0.25, 0.3) is 0 Å². The standard InChI is InChI=1S/C25H35N5O2/c1-17(2)28-11-10-19(15-28)24-21(14-27-30(24)22-8-6-5-7-9-22)13-26-25(32)20-12-23(31)29(16-20)18(3)4/h5-9,14,17-20H,10-13,15-16H2,1-4H3,(H,26,32)/t19-,20-/m0/s1. The van der Waals surface area contributed by atoms with Crippen molar-refractivity contribution in [3.8, 4) is 5.69 Å². The van der Waals surface area contributed by atoms with Gasteiger partial charge in [-0.2, -0.15) is 5.10 Å². The first-order valence-electron chi connectivity index (χ1n) is 11.8. The third kappa shape index (κ3) is 4.58. The van der Waals surface area contributed by atoms with E-state index in [4.69, 9.17) is 5.10 Å². The Morgan fingerprint density at radius 2 is 1.88 bits per heavy atom. The van der Waals surface area contributed by atoms with E-state index in [9.17, 15) is 9.59 Å². The lowest BCUT2D eigenvalue weighted by Gasteiger charge is -2.21. The molecule has 1 aromatic carbocycles. The van der Waals surface area contributed by atoms with Crippen LogP contribution in [0, 0.1) is 5.92 Å². The van der Waals surface area contributed by atoms with Gasteiger partial charge in [-0.05, 0) is 52.8 Å². The number of carbonyl (C=O) groups excluding carboxylic acids is 2. The summed E-state index contributed by atoms with van der Waals surface area (Å²) in [5.74, 6) is 0.115. The Bertz CT molecular complexity index is 952. The van der Waals surface area contributed by atoms with Gasteiger partial charge < -0.3 is 15.1 Å². The van der Waals surface area contributed by atoms with Crippen LogP contribution in [0.1, 0.15) is 57.7 Å². The van der Waals surface area contributed by atoms with E-state index in [1.807, 2.05) is 42.9 Å². The zero-order valence-electron chi connectivity index (χ0n) is 19.6. The van der Waals surface area contributed by atoms with E-state index in [0.29, 0.717) is 31.5 Å². The molecule has 2 aliphatic rings. The second-order valence-electron chi connectivity index (χ2n) is 9.64. The maximum absolute atomic E-state index is 12.9. The number of nitrogens with zero attached hydrogens (tertiary/aromatic N) is 4. The molecule has 32 heavy (non-hydrogen) atoms. The Kier molecular flexibility index (Phi) is 6.65. The number of para-hydroxylation sites is 1. The molecular weight excluding hydrogens is 402 g/mol. The first-order chi connectivity index (χ1) is 15.3. The van der Waals surface area contributed by atoms with Gasteiger partial charge in [0.15, 0.2) is 0 Å². The third-order valence-electron chi connectivity index (χ3n) is 6.83. The van der Waals surface area contributed by atoms with Crippen molar-refractivity contribution in [1.82, 2.24) is 24.9 Å². The van der Waals surface area contributed by atoms with Gasteiger partial charge >= 0.3 is 0 Å². The molecule has 0 unspecified atom stereocenters. The van der Waals surface area contributed by atoms with Crippen molar-refractivity contribution in [2.24, 2.45) is 5.92 Å². The number of aromatic nitrogens is 2. The highest BCUT2D eigenvalue weighted by Crippen LogP contribution is 2.32. The summed E-state index contributed by atoms with van der Waals surface area (Å²) >= 11 is 0. The molecule has 0 aliphatic carbocycles. The van der Waals surface area contributed by atoms with Crippen LogP contribution < -0.4 is 5.32 Å². The Hall–Kier alpha value is -2.67. The molecule has 2 aliphatic heterocycles. The summed E-state index contributed by atoms with van der Waals surface area (Å²) in [6, 6.07) is 10.8. The highest BCUT2D eigenvalue weighted by Gasteiger charge is 2.36. The normalized spacial score (nSPS) is 21.8. The maximum Gasteiger partial charge on any atom is 0.225 e. The van der Waals surface area contributed by atoms with Crippen molar-refractivity contribution in [1.29, 1.82) is 0 Å². The Labute approximate surface area is 190 Å². The van der Waals surface area contributed by atoms with Crippen LogP contribution in [0.2, 0.25) is 0 Å². The molecule has 2 saturated heterocycles. The highest BCUT2D eigenvalue weighted by atomic mass is 16.2. The van der Waals surface area contributed by atoms with Gasteiger partial charge in [0.2, 0.25) is 11.8 Å². The van der Waals surface area contributed by atoms with Gasteiger partial charge in [-0.15, -0.1) is 0 Å². The van der Waals surface area contributed by atoms with E-state index in [0.717, 1.165) is 30.8 Å². The van der Waals surface area contributed by atoms with Crippen LogP contribution in [0.15, 0.2) is 36.5 Å². The molecule has 2 atom stereocenters. The lowest BCUT2D eigenvalue weighted by molar-refractivity contribution is -0.130. The number of benzene rings is 1. The molecule has 1 N–H and O–H groups in total. The molecule has 0 spiro atoms. The van der Waals surface area contributed by atoms with E-state index in [1.54, 1.807) is 4.90 Å². The van der Waals surface area contributed by atoms with Gasteiger partial charge in [-0.25, -0.2) is 4.68 Å². The lowest BCUT2D eigenvalue weighted by Crippen LogP contribution is -2.35. The van der Waals surface area contributed by atoms with E-state index in [2.05, 4.69) is 36.2 Å². The number of likely N-dealkylation sites (tertiary alicyclic amines) is 2. The van der Waals surface area contributed by atoms with Crippen LogP contribution in [0.25, 0.3) is 5.69 Å². The van der Waals surface area contributed by atoms with Crippen molar-refractivity contribution in [3.05, 3.63) is 47.8 Å². The molecule has 2 amide bonds. The fourth-order valence-electron chi connectivity index (χ4n) is 4.95. The first-order valence-corrected chi connectivity index (χ1v) is 11.8. The molecule has 0 saturated carbocycles. The molecule has 3 heterocycles. The highest BCUT2D eigenvalue weighted by molar-refractivity contribution is 5.89. The Morgan fingerprint density at radius 1 is 1.12 bits per heavy atom. The minimum atomic E-state index is -0.277. The van der Waals surface area contributed by atoms with Crippen LogP contribution in [0.5, 0.6) is 0 Å². The summed E-state index contributed by atoms with van der Waals surface area (Å²) in [6.07, 6.45) is 3.27. The van der Waals surface area contributed by atoms with Crippen molar-refractivity contribution >= 4 is 11.8 Å². The van der Waals surface area contributed by atoms with Gasteiger partial charge in [-0.1, -0.05) is 18.2 Å². The van der Waals surface area contributed by atoms with Gasteiger partial charge in [0.05, 0.1) is 23.5 Å². The zero-order chi connectivity index (χ0) is 22.8. The van der Waals surface area contributed by atoms with Gasteiger partial charge in [0.1, 0.15) is 0 Å².